The number of rotatable bonds is 15. The van der Waals surface area contributed by atoms with Gasteiger partial charge in [0.05, 0.1) is 0 Å². The number of thiocarbonyl (C=S) groups is 2. The fourth-order valence-electron chi connectivity index (χ4n) is 2.27. The minimum Gasteiger partial charge on any atom is -0.179 e. The first-order chi connectivity index (χ1) is 9.72. The van der Waals surface area contributed by atoms with Gasteiger partial charge in [-0.1, -0.05) is 82.7 Å². The molecule has 0 spiro atoms. The highest BCUT2D eigenvalue weighted by Gasteiger charge is 2.04. The molecule has 0 aliphatic rings. The molecule has 0 bridgehead atoms. The van der Waals surface area contributed by atoms with Crippen molar-refractivity contribution in [3.05, 3.63) is 0 Å². The Morgan fingerprint density at radius 1 is 0.650 bits per heavy atom. The summed E-state index contributed by atoms with van der Waals surface area (Å²) < 4.78 is 0. The van der Waals surface area contributed by atoms with Gasteiger partial charge in [0, 0.05) is 9.73 Å². The van der Waals surface area contributed by atoms with Gasteiger partial charge in [-0.25, -0.2) is 0 Å². The quantitative estimate of drug-likeness (QED) is 0.200. The van der Waals surface area contributed by atoms with Crippen LogP contribution in [0.4, 0.5) is 0 Å². The van der Waals surface area contributed by atoms with Crippen LogP contribution in [-0.4, -0.2) is 15.5 Å². The minimum atomic E-state index is 1.01. The van der Waals surface area contributed by atoms with Crippen molar-refractivity contribution in [3.8, 4) is 0 Å². The van der Waals surface area contributed by atoms with Crippen LogP contribution < -0.4 is 0 Å². The van der Waals surface area contributed by atoms with E-state index in [4.69, 9.17) is 24.4 Å². The smallest absolute Gasteiger partial charge is 0.0291 e. The molecule has 0 atom stereocenters. The predicted molar refractivity (Wildman–Crippen MR) is 105 cm³/mol. The van der Waals surface area contributed by atoms with Gasteiger partial charge < -0.3 is 0 Å². The summed E-state index contributed by atoms with van der Waals surface area (Å²) in [6, 6.07) is 0. The molecule has 0 unspecified atom stereocenters. The summed E-state index contributed by atoms with van der Waals surface area (Å²) >= 11 is 15.1. The summed E-state index contributed by atoms with van der Waals surface area (Å²) in [4.78, 5) is 2.12. The van der Waals surface area contributed by atoms with E-state index in [1.807, 2.05) is 0 Å². The van der Waals surface area contributed by atoms with Crippen molar-refractivity contribution in [2.45, 2.75) is 90.4 Å². The molecule has 3 heteroatoms. The molecule has 0 radical (unpaired) electrons. The van der Waals surface area contributed by atoms with Gasteiger partial charge in [0.2, 0.25) is 0 Å². The lowest BCUT2D eigenvalue weighted by atomic mass is 10.0. The Kier molecular flexibility index (Phi) is 16.3. The van der Waals surface area contributed by atoms with Crippen LogP contribution in [0.1, 0.15) is 90.4 Å². The maximum Gasteiger partial charge on any atom is 0.0291 e. The monoisotopic (exact) mass is 332 g/mol. The summed E-state index contributed by atoms with van der Waals surface area (Å²) in [6.07, 6.45) is 16.4. The van der Waals surface area contributed by atoms with Gasteiger partial charge in [-0.05, 0) is 37.9 Å². The molecule has 0 aliphatic carbocycles. The maximum atomic E-state index is 5.45. The lowest BCUT2D eigenvalue weighted by Gasteiger charge is -2.06. The molecular formula is C17H32S3. The summed E-state index contributed by atoms with van der Waals surface area (Å²) in [7, 11) is 0. The third-order valence-electron chi connectivity index (χ3n) is 3.63. The standard InChI is InChI=1S/C17H32S3/c1-2-3-4-5-7-10-13-16(19)17(20)14-11-8-6-9-12-15-18/h18H,2-15H2,1H3. The van der Waals surface area contributed by atoms with Crippen LogP contribution in [0.25, 0.3) is 0 Å². The van der Waals surface area contributed by atoms with Crippen molar-refractivity contribution in [2.24, 2.45) is 0 Å². The maximum absolute atomic E-state index is 5.45. The van der Waals surface area contributed by atoms with Crippen LogP contribution in [0, 0.1) is 0 Å². The average molecular weight is 333 g/mol. The topological polar surface area (TPSA) is 0 Å². The molecule has 20 heavy (non-hydrogen) atoms. The van der Waals surface area contributed by atoms with Gasteiger partial charge in [-0.15, -0.1) is 0 Å². The molecule has 0 nitrogen and oxygen atoms in total. The fraction of sp³-hybridized carbons (Fsp3) is 0.882. The van der Waals surface area contributed by atoms with Gasteiger partial charge in [-0.2, -0.15) is 12.6 Å². The molecule has 0 aromatic heterocycles. The van der Waals surface area contributed by atoms with Gasteiger partial charge >= 0.3 is 0 Å². The Bertz CT molecular complexity index is 223. The van der Waals surface area contributed by atoms with E-state index in [0.717, 1.165) is 28.3 Å². The lowest BCUT2D eigenvalue weighted by molar-refractivity contribution is 0.616. The molecular weight excluding hydrogens is 300 g/mol. The van der Waals surface area contributed by atoms with Gasteiger partial charge in [0.15, 0.2) is 0 Å². The Morgan fingerprint density at radius 2 is 1.05 bits per heavy atom. The predicted octanol–water partition coefficient (Wildman–Crippen LogP) is 6.75. The van der Waals surface area contributed by atoms with E-state index in [2.05, 4.69) is 19.6 Å². The molecule has 0 N–H and O–H groups in total. The molecule has 0 saturated heterocycles. The van der Waals surface area contributed by atoms with Crippen molar-refractivity contribution in [1.29, 1.82) is 0 Å². The van der Waals surface area contributed by atoms with Gasteiger partial charge in [0.25, 0.3) is 0 Å². The van der Waals surface area contributed by atoms with Crippen LogP contribution in [0.3, 0.4) is 0 Å². The Balaban J connectivity index is 3.40. The van der Waals surface area contributed by atoms with Crippen molar-refractivity contribution >= 4 is 46.8 Å². The molecule has 0 fully saturated rings. The fourth-order valence-corrected chi connectivity index (χ4v) is 2.99. The van der Waals surface area contributed by atoms with Crippen LogP contribution in [0.2, 0.25) is 0 Å². The Morgan fingerprint density at radius 3 is 1.50 bits per heavy atom. The number of hydrogen-bond donors (Lipinski definition) is 1. The lowest BCUT2D eigenvalue weighted by Crippen LogP contribution is -2.08. The zero-order valence-corrected chi connectivity index (χ0v) is 15.7. The Labute approximate surface area is 142 Å². The first-order valence-electron chi connectivity index (χ1n) is 8.39. The highest BCUT2D eigenvalue weighted by Crippen LogP contribution is 2.11. The number of hydrogen-bond acceptors (Lipinski definition) is 3. The van der Waals surface area contributed by atoms with E-state index in [1.54, 1.807) is 0 Å². The molecule has 0 rings (SSSR count). The highest BCUT2D eigenvalue weighted by atomic mass is 32.1. The molecule has 0 aromatic carbocycles. The summed E-state index contributed by atoms with van der Waals surface area (Å²) in [5, 5.41) is 0. The summed E-state index contributed by atoms with van der Waals surface area (Å²) in [6.45, 7) is 2.26. The van der Waals surface area contributed by atoms with E-state index in [0.29, 0.717) is 0 Å². The third-order valence-corrected chi connectivity index (χ3v) is 4.98. The van der Waals surface area contributed by atoms with E-state index in [-0.39, 0.29) is 0 Å². The third kappa shape index (κ3) is 13.5. The van der Waals surface area contributed by atoms with Crippen molar-refractivity contribution < 1.29 is 0 Å². The number of thiol groups is 1. The number of unbranched alkanes of at least 4 members (excludes halogenated alkanes) is 9. The van der Waals surface area contributed by atoms with Crippen LogP contribution in [0.15, 0.2) is 0 Å². The first-order valence-corrected chi connectivity index (χ1v) is 9.84. The molecule has 0 aliphatic heterocycles. The molecule has 0 heterocycles. The molecule has 0 saturated carbocycles. The summed E-state index contributed by atoms with van der Waals surface area (Å²) in [5.74, 6) is 1.01. The van der Waals surface area contributed by atoms with Crippen LogP contribution in [0.5, 0.6) is 0 Å². The van der Waals surface area contributed by atoms with Crippen LogP contribution in [-0.2, 0) is 0 Å². The second kappa shape index (κ2) is 15.9. The second-order valence-corrected chi connectivity index (χ2v) is 7.04. The average Bonchev–Trinajstić information content (AvgIpc) is 2.45. The largest absolute Gasteiger partial charge is 0.179 e. The van der Waals surface area contributed by atoms with Crippen molar-refractivity contribution in [2.75, 3.05) is 5.75 Å². The minimum absolute atomic E-state index is 1.01. The molecule has 0 amide bonds. The highest BCUT2D eigenvalue weighted by molar-refractivity contribution is 7.89. The molecule has 118 valence electrons. The summed E-state index contributed by atoms with van der Waals surface area (Å²) in [5.41, 5.74) is 0. The van der Waals surface area contributed by atoms with E-state index >= 15 is 0 Å². The van der Waals surface area contributed by atoms with Crippen molar-refractivity contribution in [3.63, 3.8) is 0 Å². The zero-order valence-electron chi connectivity index (χ0n) is 13.2. The zero-order chi connectivity index (χ0) is 15.1. The van der Waals surface area contributed by atoms with E-state index < -0.39 is 0 Å². The van der Waals surface area contributed by atoms with Gasteiger partial charge in [0.1, 0.15) is 0 Å². The Hall–Kier alpha value is 0.530. The second-order valence-electron chi connectivity index (χ2n) is 5.61. The SMILES string of the molecule is CCCCCCCCC(=S)C(=S)CCCCCCCS. The van der Waals surface area contributed by atoms with Gasteiger partial charge in [-0.3, -0.25) is 0 Å². The van der Waals surface area contributed by atoms with E-state index in [1.165, 1.54) is 70.6 Å². The van der Waals surface area contributed by atoms with Crippen LogP contribution >= 0.6 is 37.1 Å². The molecule has 0 aromatic rings. The normalized spacial score (nSPS) is 10.7. The van der Waals surface area contributed by atoms with E-state index in [9.17, 15) is 0 Å². The van der Waals surface area contributed by atoms with Crippen molar-refractivity contribution in [1.82, 2.24) is 0 Å². The first kappa shape index (κ1) is 20.5.